The highest BCUT2D eigenvalue weighted by Gasteiger charge is 2.40. The molecule has 1 aromatic rings. The lowest BCUT2D eigenvalue weighted by atomic mass is 10.1. The Morgan fingerprint density at radius 2 is 1.89 bits per heavy atom. The van der Waals surface area contributed by atoms with Crippen molar-refractivity contribution in [3.05, 3.63) is 29.3 Å². The summed E-state index contributed by atoms with van der Waals surface area (Å²) in [6.07, 6.45) is 1.36. The minimum Gasteiger partial charge on any atom is -0.398 e. The average molecular weight is 261 g/mol. The minimum atomic E-state index is -0.629. The van der Waals surface area contributed by atoms with Crippen LogP contribution in [-0.2, 0) is 4.79 Å². The van der Waals surface area contributed by atoms with Crippen LogP contribution in [0.2, 0.25) is 0 Å². The second-order valence-electron chi connectivity index (χ2n) is 4.36. The Bertz CT molecular complexity index is 554. The van der Waals surface area contributed by atoms with Gasteiger partial charge < -0.3 is 11.5 Å². The molecule has 0 saturated carbocycles. The lowest BCUT2D eigenvalue weighted by Crippen LogP contribution is -2.36. The average Bonchev–Trinajstić information content (AvgIpc) is 2.63. The first-order chi connectivity index (χ1) is 9.07. The Labute approximate surface area is 110 Å². The second kappa shape index (κ2) is 5.19. The molecule has 1 aliphatic rings. The van der Waals surface area contributed by atoms with E-state index in [1.165, 1.54) is 12.1 Å². The smallest absolute Gasteiger partial charge is 0.270 e. The Morgan fingerprint density at radius 1 is 1.16 bits per heavy atom. The standard InChI is InChI=1S/C13H15N3O3/c14-7-2-1-6-10(17)16-12(18)8-4-3-5-9(15)11(8)13(16)19/h3-5H,1-2,6-7,14-15H2. The van der Waals surface area contributed by atoms with Crippen LogP contribution in [0.4, 0.5) is 5.69 Å². The number of hydrogen-bond acceptors (Lipinski definition) is 5. The molecule has 0 aliphatic carbocycles. The van der Waals surface area contributed by atoms with Crippen molar-refractivity contribution in [2.75, 3.05) is 12.3 Å². The van der Waals surface area contributed by atoms with E-state index >= 15 is 0 Å². The fourth-order valence-electron chi connectivity index (χ4n) is 2.07. The molecule has 1 aliphatic heterocycles. The van der Waals surface area contributed by atoms with E-state index in [9.17, 15) is 14.4 Å². The summed E-state index contributed by atoms with van der Waals surface area (Å²) in [5.74, 6) is -1.72. The molecule has 3 amide bonds. The number of carbonyl (C=O) groups is 3. The number of fused-ring (bicyclic) bond motifs is 1. The van der Waals surface area contributed by atoms with Gasteiger partial charge in [0, 0.05) is 12.1 Å². The Kier molecular flexibility index (Phi) is 3.62. The number of amides is 3. The molecule has 6 heteroatoms. The zero-order valence-corrected chi connectivity index (χ0v) is 10.4. The van der Waals surface area contributed by atoms with Gasteiger partial charge in [0.25, 0.3) is 11.8 Å². The largest absolute Gasteiger partial charge is 0.398 e. The third kappa shape index (κ3) is 2.22. The molecule has 19 heavy (non-hydrogen) atoms. The van der Waals surface area contributed by atoms with E-state index in [2.05, 4.69) is 0 Å². The fraction of sp³-hybridized carbons (Fsp3) is 0.308. The monoisotopic (exact) mass is 261 g/mol. The molecule has 0 spiro atoms. The van der Waals surface area contributed by atoms with E-state index in [0.29, 0.717) is 24.3 Å². The van der Waals surface area contributed by atoms with Crippen LogP contribution in [0.1, 0.15) is 40.0 Å². The predicted molar refractivity (Wildman–Crippen MR) is 69.3 cm³/mol. The molecule has 0 aromatic heterocycles. The summed E-state index contributed by atoms with van der Waals surface area (Å²) in [7, 11) is 0. The highest BCUT2D eigenvalue weighted by atomic mass is 16.2. The van der Waals surface area contributed by atoms with E-state index < -0.39 is 17.7 Å². The number of hydrogen-bond donors (Lipinski definition) is 2. The summed E-state index contributed by atoms with van der Waals surface area (Å²) in [5.41, 5.74) is 11.5. The molecule has 4 N–H and O–H groups in total. The van der Waals surface area contributed by atoms with Crippen LogP contribution in [0, 0.1) is 0 Å². The van der Waals surface area contributed by atoms with Crippen LogP contribution in [0.15, 0.2) is 18.2 Å². The summed E-state index contributed by atoms with van der Waals surface area (Å²) in [4.78, 5) is 36.7. The number of imide groups is 3. The highest BCUT2D eigenvalue weighted by molar-refractivity contribution is 6.30. The molecule has 2 rings (SSSR count). The van der Waals surface area contributed by atoms with Crippen molar-refractivity contribution in [2.24, 2.45) is 5.73 Å². The highest BCUT2D eigenvalue weighted by Crippen LogP contribution is 2.28. The molecule has 0 atom stereocenters. The molecule has 6 nitrogen and oxygen atoms in total. The van der Waals surface area contributed by atoms with Crippen molar-refractivity contribution >= 4 is 23.4 Å². The van der Waals surface area contributed by atoms with Gasteiger partial charge in [-0.3, -0.25) is 14.4 Å². The third-order valence-electron chi connectivity index (χ3n) is 3.04. The van der Waals surface area contributed by atoms with Crippen LogP contribution >= 0.6 is 0 Å². The van der Waals surface area contributed by atoms with Gasteiger partial charge in [-0.1, -0.05) is 6.07 Å². The van der Waals surface area contributed by atoms with Gasteiger partial charge in [0.05, 0.1) is 11.1 Å². The van der Waals surface area contributed by atoms with Gasteiger partial charge in [0.2, 0.25) is 5.91 Å². The van der Waals surface area contributed by atoms with Crippen LogP contribution in [0.3, 0.4) is 0 Å². The maximum atomic E-state index is 12.1. The van der Waals surface area contributed by atoms with Crippen molar-refractivity contribution in [3.8, 4) is 0 Å². The quantitative estimate of drug-likeness (QED) is 0.467. The van der Waals surface area contributed by atoms with Gasteiger partial charge in [-0.25, -0.2) is 4.90 Å². The topological polar surface area (TPSA) is 106 Å². The van der Waals surface area contributed by atoms with E-state index in [4.69, 9.17) is 11.5 Å². The van der Waals surface area contributed by atoms with Gasteiger partial charge in [-0.05, 0) is 31.5 Å². The maximum Gasteiger partial charge on any atom is 0.270 e. The van der Waals surface area contributed by atoms with Crippen LogP contribution in [-0.4, -0.2) is 29.2 Å². The molecule has 1 aromatic carbocycles. The van der Waals surface area contributed by atoms with Crippen molar-refractivity contribution in [1.82, 2.24) is 4.90 Å². The van der Waals surface area contributed by atoms with Crippen molar-refractivity contribution in [1.29, 1.82) is 0 Å². The number of nitrogens with two attached hydrogens (primary N) is 2. The zero-order chi connectivity index (χ0) is 14.0. The Hall–Kier alpha value is -2.21. The molecule has 0 bridgehead atoms. The lowest BCUT2D eigenvalue weighted by molar-refractivity contribution is -0.126. The van der Waals surface area contributed by atoms with Gasteiger partial charge in [0.1, 0.15) is 0 Å². The van der Waals surface area contributed by atoms with E-state index in [1.807, 2.05) is 0 Å². The van der Waals surface area contributed by atoms with E-state index in [-0.39, 0.29) is 23.2 Å². The number of benzene rings is 1. The summed E-state index contributed by atoms with van der Waals surface area (Å²) in [6.45, 7) is 0.475. The predicted octanol–water partition coefficient (Wildman–Crippen LogP) is 0.520. The number of nitrogens with zero attached hydrogens (tertiary/aromatic N) is 1. The summed E-state index contributed by atoms with van der Waals surface area (Å²) in [6, 6.07) is 4.62. The molecule has 100 valence electrons. The van der Waals surface area contributed by atoms with Gasteiger partial charge in [-0.15, -0.1) is 0 Å². The molecule has 0 radical (unpaired) electrons. The second-order valence-corrected chi connectivity index (χ2v) is 4.36. The first kappa shape index (κ1) is 13.2. The third-order valence-corrected chi connectivity index (χ3v) is 3.04. The van der Waals surface area contributed by atoms with Crippen LogP contribution in [0.5, 0.6) is 0 Å². The lowest BCUT2D eigenvalue weighted by Gasteiger charge is -2.11. The summed E-state index contributed by atoms with van der Waals surface area (Å²) in [5, 5.41) is 0. The normalized spacial score (nSPS) is 13.8. The number of nitrogen functional groups attached to an aromatic ring is 1. The number of unbranched alkanes of at least 4 members (excludes halogenated alkanes) is 1. The van der Waals surface area contributed by atoms with Gasteiger partial charge >= 0.3 is 0 Å². The molecule has 0 saturated heterocycles. The number of rotatable bonds is 4. The Morgan fingerprint density at radius 3 is 2.53 bits per heavy atom. The molecule has 0 unspecified atom stereocenters. The van der Waals surface area contributed by atoms with Gasteiger partial charge in [-0.2, -0.15) is 0 Å². The van der Waals surface area contributed by atoms with Crippen molar-refractivity contribution in [3.63, 3.8) is 0 Å². The minimum absolute atomic E-state index is 0.125. The summed E-state index contributed by atoms with van der Waals surface area (Å²) >= 11 is 0. The number of anilines is 1. The number of carbonyl (C=O) groups excluding carboxylic acids is 3. The maximum absolute atomic E-state index is 12.1. The molecular weight excluding hydrogens is 246 g/mol. The summed E-state index contributed by atoms with van der Waals surface area (Å²) < 4.78 is 0. The zero-order valence-electron chi connectivity index (χ0n) is 10.4. The first-order valence-corrected chi connectivity index (χ1v) is 6.08. The first-order valence-electron chi connectivity index (χ1n) is 6.08. The SMILES string of the molecule is NCCCCC(=O)N1C(=O)c2cccc(N)c2C1=O. The Balaban J connectivity index is 2.23. The molecular formula is C13H15N3O3. The fourth-order valence-corrected chi connectivity index (χ4v) is 2.07. The van der Waals surface area contributed by atoms with E-state index in [0.717, 1.165) is 0 Å². The van der Waals surface area contributed by atoms with Crippen LogP contribution < -0.4 is 11.5 Å². The van der Waals surface area contributed by atoms with Crippen molar-refractivity contribution in [2.45, 2.75) is 19.3 Å². The van der Waals surface area contributed by atoms with Crippen molar-refractivity contribution < 1.29 is 14.4 Å². The van der Waals surface area contributed by atoms with Gasteiger partial charge in [0.15, 0.2) is 0 Å². The molecule has 0 fully saturated rings. The molecule has 1 heterocycles. The van der Waals surface area contributed by atoms with Crippen LogP contribution in [0.25, 0.3) is 0 Å². The van der Waals surface area contributed by atoms with E-state index in [1.54, 1.807) is 6.07 Å².